The van der Waals surface area contributed by atoms with Crippen LogP contribution in [0.5, 0.6) is 0 Å². The van der Waals surface area contributed by atoms with Crippen LogP contribution in [0.4, 0.5) is 11.4 Å². The van der Waals surface area contributed by atoms with Crippen LogP contribution >= 0.6 is 0 Å². The van der Waals surface area contributed by atoms with E-state index in [1.54, 1.807) is 0 Å². The molecule has 0 aliphatic carbocycles. The van der Waals surface area contributed by atoms with Gasteiger partial charge < -0.3 is 20.3 Å². The number of aromatic nitrogens is 1. The third kappa shape index (κ3) is 4.04. The number of aliphatic hydroxyl groups excluding tert-OH is 1. The van der Waals surface area contributed by atoms with Crippen LogP contribution < -0.4 is 15.8 Å². The maximum absolute atomic E-state index is 12.4. The van der Waals surface area contributed by atoms with E-state index in [0.29, 0.717) is 13.1 Å². The highest BCUT2D eigenvalue weighted by Gasteiger charge is 2.17. The second-order valence-electron chi connectivity index (χ2n) is 7.54. The van der Waals surface area contributed by atoms with Crippen LogP contribution in [-0.2, 0) is 13.0 Å². The van der Waals surface area contributed by atoms with Crippen molar-refractivity contribution in [3.05, 3.63) is 70.0 Å². The Morgan fingerprint density at radius 2 is 2.00 bits per heavy atom. The first kappa shape index (κ1) is 18.6. The lowest BCUT2D eigenvalue weighted by Crippen LogP contribution is -2.38. The van der Waals surface area contributed by atoms with Crippen molar-refractivity contribution in [2.75, 3.05) is 23.3 Å². The molecule has 2 heterocycles. The highest BCUT2D eigenvalue weighted by Crippen LogP contribution is 2.22. The molecule has 1 saturated heterocycles. The smallest absolute Gasteiger partial charge is 0.253 e. The number of nitrogens with one attached hydrogen (secondary N) is 2. The van der Waals surface area contributed by atoms with Crippen LogP contribution in [0.2, 0.25) is 0 Å². The molecule has 1 fully saturated rings. The number of piperidine rings is 1. The maximum Gasteiger partial charge on any atom is 0.253 e. The number of H-pyrrole nitrogens is 1. The average Bonchev–Trinajstić information content (AvgIpc) is 2.72. The zero-order valence-electron chi connectivity index (χ0n) is 16.2. The van der Waals surface area contributed by atoms with Crippen molar-refractivity contribution in [1.82, 2.24) is 4.98 Å². The van der Waals surface area contributed by atoms with Crippen LogP contribution in [0, 0.1) is 0 Å². The van der Waals surface area contributed by atoms with Gasteiger partial charge in [-0.1, -0.05) is 13.0 Å². The molecule has 1 atom stereocenters. The molecule has 3 aromatic rings. The van der Waals surface area contributed by atoms with Crippen LogP contribution in [-0.4, -0.2) is 29.3 Å². The second kappa shape index (κ2) is 8.07. The fourth-order valence-corrected chi connectivity index (χ4v) is 3.83. The van der Waals surface area contributed by atoms with Crippen molar-refractivity contribution in [3.8, 4) is 0 Å². The Morgan fingerprint density at radius 1 is 1.18 bits per heavy atom. The highest BCUT2D eigenvalue weighted by atomic mass is 16.3. The van der Waals surface area contributed by atoms with E-state index in [1.165, 1.54) is 5.56 Å². The summed E-state index contributed by atoms with van der Waals surface area (Å²) in [6.07, 6.45) is 2.64. The first-order chi connectivity index (χ1) is 13.6. The number of nitrogens with zero attached hydrogens (tertiary/aromatic N) is 1. The summed E-state index contributed by atoms with van der Waals surface area (Å²) in [4.78, 5) is 17.6. The summed E-state index contributed by atoms with van der Waals surface area (Å²) < 4.78 is 0. The molecule has 28 heavy (non-hydrogen) atoms. The molecule has 1 aliphatic rings. The molecule has 0 bridgehead atoms. The lowest BCUT2D eigenvalue weighted by atomic mass is 10.1. The molecule has 0 radical (unpaired) electrons. The number of fused-ring (bicyclic) bond motifs is 1. The zero-order valence-corrected chi connectivity index (χ0v) is 16.2. The van der Waals surface area contributed by atoms with E-state index in [1.807, 2.05) is 24.3 Å². The number of benzene rings is 2. The average molecular weight is 377 g/mol. The summed E-state index contributed by atoms with van der Waals surface area (Å²) >= 11 is 0. The minimum atomic E-state index is -0.237. The van der Waals surface area contributed by atoms with Gasteiger partial charge in [0, 0.05) is 42.1 Å². The van der Waals surface area contributed by atoms with Gasteiger partial charge in [-0.05, 0) is 72.7 Å². The van der Waals surface area contributed by atoms with Gasteiger partial charge >= 0.3 is 0 Å². The Balaban J connectivity index is 1.46. The van der Waals surface area contributed by atoms with Gasteiger partial charge in [0.1, 0.15) is 0 Å². The van der Waals surface area contributed by atoms with Gasteiger partial charge in [-0.15, -0.1) is 0 Å². The number of pyridine rings is 1. The number of aryl methyl sites for hydroxylation is 1. The number of aliphatic hydroxyl groups is 1. The van der Waals surface area contributed by atoms with Gasteiger partial charge in [-0.3, -0.25) is 4.79 Å². The monoisotopic (exact) mass is 377 g/mol. The van der Waals surface area contributed by atoms with E-state index in [-0.39, 0.29) is 11.7 Å². The third-order valence-electron chi connectivity index (χ3n) is 5.51. The predicted octanol–water partition coefficient (Wildman–Crippen LogP) is 3.66. The van der Waals surface area contributed by atoms with Crippen LogP contribution in [0.15, 0.2) is 53.3 Å². The van der Waals surface area contributed by atoms with Gasteiger partial charge in [-0.2, -0.15) is 0 Å². The number of rotatable bonds is 5. The number of aromatic amines is 1. The van der Waals surface area contributed by atoms with Crippen molar-refractivity contribution >= 4 is 22.3 Å². The van der Waals surface area contributed by atoms with E-state index in [4.69, 9.17) is 0 Å². The summed E-state index contributed by atoms with van der Waals surface area (Å²) in [6.45, 7) is 4.28. The SMILES string of the molecule is CCc1ccc2[nH]c(=O)c(CNc3ccc(N4CCC[C@H](O)C4)cc3)cc2c1. The number of hydrogen-bond acceptors (Lipinski definition) is 4. The molecule has 0 saturated carbocycles. The van der Waals surface area contributed by atoms with Gasteiger partial charge in [-0.25, -0.2) is 0 Å². The van der Waals surface area contributed by atoms with Crippen molar-refractivity contribution < 1.29 is 5.11 Å². The number of hydrogen-bond donors (Lipinski definition) is 3. The summed E-state index contributed by atoms with van der Waals surface area (Å²) in [5, 5.41) is 14.3. The molecule has 3 N–H and O–H groups in total. The van der Waals surface area contributed by atoms with E-state index < -0.39 is 0 Å². The van der Waals surface area contributed by atoms with Crippen molar-refractivity contribution in [1.29, 1.82) is 0 Å². The third-order valence-corrected chi connectivity index (χ3v) is 5.51. The molecular weight excluding hydrogens is 350 g/mol. The molecule has 1 aliphatic heterocycles. The standard InChI is InChI=1S/C23H27N3O2/c1-2-16-5-10-22-17(12-16)13-18(23(28)25-22)14-24-19-6-8-20(9-7-19)26-11-3-4-21(27)15-26/h5-10,12-13,21,24,27H,2-4,11,14-15H2,1H3,(H,25,28)/t21-/m0/s1. The van der Waals surface area contributed by atoms with Crippen LogP contribution in [0.3, 0.4) is 0 Å². The lowest BCUT2D eigenvalue weighted by molar-refractivity contribution is 0.154. The van der Waals surface area contributed by atoms with Gasteiger partial charge in [0.15, 0.2) is 0 Å². The Labute approximate surface area is 165 Å². The Morgan fingerprint density at radius 3 is 2.75 bits per heavy atom. The lowest BCUT2D eigenvalue weighted by Gasteiger charge is -2.32. The summed E-state index contributed by atoms with van der Waals surface area (Å²) in [7, 11) is 0. The molecule has 5 heteroatoms. The van der Waals surface area contributed by atoms with Crippen molar-refractivity contribution in [3.63, 3.8) is 0 Å². The van der Waals surface area contributed by atoms with Gasteiger partial charge in [0.25, 0.3) is 5.56 Å². The Bertz CT molecular complexity index is 1010. The minimum Gasteiger partial charge on any atom is -0.391 e. The van der Waals surface area contributed by atoms with E-state index in [9.17, 15) is 9.90 Å². The van der Waals surface area contributed by atoms with E-state index >= 15 is 0 Å². The molecule has 0 amide bonds. The first-order valence-corrected chi connectivity index (χ1v) is 10.0. The zero-order chi connectivity index (χ0) is 19.5. The maximum atomic E-state index is 12.4. The molecule has 0 unspecified atom stereocenters. The molecule has 4 rings (SSSR count). The largest absolute Gasteiger partial charge is 0.391 e. The fourth-order valence-electron chi connectivity index (χ4n) is 3.83. The minimum absolute atomic E-state index is 0.0526. The van der Waals surface area contributed by atoms with Gasteiger partial charge in [0.2, 0.25) is 0 Å². The number of β-amino-alcohol motifs (C(OH)–C–C–N with tert-alkyl or cyclic N) is 1. The van der Waals surface area contributed by atoms with E-state index in [2.05, 4.69) is 46.4 Å². The topological polar surface area (TPSA) is 68.4 Å². The predicted molar refractivity (Wildman–Crippen MR) is 115 cm³/mol. The fraction of sp³-hybridized carbons (Fsp3) is 0.348. The molecule has 2 aromatic carbocycles. The summed E-state index contributed by atoms with van der Waals surface area (Å²) in [5.41, 5.74) is 4.91. The van der Waals surface area contributed by atoms with Crippen LogP contribution in [0.25, 0.3) is 10.9 Å². The molecule has 146 valence electrons. The molecule has 1 aromatic heterocycles. The van der Waals surface area contributed by atoms with Gasteiger partial charge in [0.05, 0.1) is 6.10 Å². The first-order valence-electron chi connectivity index (χ1n) is 10.0. The Kier molecular flexibility index (Phi) is 5.35. The second-order valence-corrected chi connectivity index (χ2v) is 7.54. The molecule has 5 nitrogen and oxygen atoms in total. The van der Waals surface area contributed by atoms with Crippen molar-refractivity contribution in [2.24, 2.45) is 0 Å². The molecular formula is C23H27N3O2. The van der Waals surface area contributed by atoms with Crippen molar-refractivity contribution in [2.45, 2.75) is 38.8 Å². The summed E-state index contributed by atoms with van der Waals surface area (Å²) in [5.74, 6) is 0. The molecule has 0 spiro atoms. The van der Waals surface area contributed by atoms with Crippen LogP contribution in [0.1, 0.15) is 30.9 Å². The normalized spacial score (nSPS) is 17.1. The Hall–Kier alpha value is -2.79. The quantitative estimate of drug-likeness (QED) is 0.635. The highest BCUT2D eigenvalue weighted by molar-refractivity contribution is 5.79. The van der Waals surface area contributed by atoms with E-state index in [0.717, 1.165) is 53.6 Å². The number of anilines is 2. The summed E-state index contributed by atoms with van der Waals surface area (Å²) in [6, 6.07) is 16.3.